The van der Waals surface area contributed by atoms with Crippen LogP contribution in [0.4, 0.5) is 5.69 Å². The number of aryl methyl sites for hydroxylation is 3. The molecule has 1 N–H and O–H groups in total. The maximum absolute atomic E-state index is 12.3. The van der Waals surface area contributed by atoms with Crippen LogP contribution in [0.5, 0.6) is 0 Å². The molecule has 1 amide bonds. The van der Waals surface area contributed by atoms with Crippen molar-refractivity contribution in [2.45, 2.75) is 31.2 Å². The van der Waals surface area contributed by atoms with Gasteiger partial charge in [-0.1, -0.05) is 30.0 Å². The van der Waals surface area contributed by atoms with Crippen LogP contribution in [0.15, 0.2) is 29.7 Å². The molecule has 0 saturated carbocycles. The molecule has 0 aliphatic rings. The smallest absolute Gasteiger partial charge is 0.237 e. The van der Waals surface area contributed by atoms with E-state index in [1.807, 2.05) is 46.0 Å². The molecule has 1 aromatic carbocycles. The van der Waals surface area contributed by atoms with Crippen molar-refractivity contribution in [2.24, 2.45) is 7.05 Å². The van der Waals surface area contributed by atoms with Crippen LogP contribution in [0.25, 0.3) is 0 Å². The van der Waals surface area contributed by atoms with Crippen molar-refractivity contribution in [2.75, 3.05) is 5.32 Å². The second-order valence-corrected chi connectivity index (χ2v) is 6.05. The molecular weight excluding hydrogens is 272 g/mol. The van der Waals surface area contributed by atoms with E-state index in [-0.39, 0.29) is 11.2 Å². The van der Waals surface area contributed by atoms with Gasteiger partial charge in [0, 0.05) is 12.7 Å². The lowest BCUT2D eigenvalue weighted by atomic mass is 10.1. The highest BCUT2D eigenvalue weighted by atomic mass is 32.2. The molecule has 5 nitrogen and oxygen atoms in total. The first-order valence-corrected chi connectivity index (χ1v) is 7.24. The monoisotopic (exact) mass is 290 g/mol. The van der Waals surface area contributed by atoms with Gasteiger partial charge in [0.15, 0.2) is 5.16 Å². The number of aromatic nitrogens is 3. The summed E-state index contributed by atoms with van der Waals surface area (Å²) in [5.41, 5.74) is 3.02. The number of carbonyl (C=O) groups excluding carboxylic acids is 1. The van der Waals surface area contributed by atoms with Crippen LogP contribution in [-0.2, 0) is 11.8 Å². The fourth-order valence-corrected chi connectivity index (χ4v) is 2.62. The molecule has 0 aliphatic heterocycles. The Hall–Kier alpha value is -1.82. The van der Waals surface area contributed by atoms with Gasteiger partial charge >= 0.3 is 0 Å². The van der Waals surface area contributed by atoms with Crippen molar-refractivity contribution < 1.29 is 4.79 Å². The lowest BCUT2D eigenvalue weighted by molar-refractivity contribution is -0.115. The van der Waals surface area contributed by atoms with E-state index < -0.39 is 0 Å². The summed E-state index contributed by atoms with van der Waals surface area (Å²) < 4.78 is 1.80. The largest absolute Gasteiger partial charge is 0.325 e. The zero-order chi connectivity index (χ0) is 14.7. The molecule has 0 spiro atoms. The number of rotatable bonds is 4. The van der Waals surface area contributed by atoms with Crippen LogP contribution in [0.1, 0.15) is 18.1 Å². The van der Waals surface area contributed by atoms with Crippen molar-refractivity contribution in [3.8, 4) is 0 Å². The summed E-state index contributed by atoms with van der Waals surface area (Å²) in [5, 5.41) is 11.3. The van der Waals surface area contributed by atoms with E-state index in [4.69, 9.17) is 0 Å². The molecule has 0 radical (unpaired) electrons. The Kier molecular flexibility index (Phi) is 4.44. The molecule has 0 aliphatic carbocycles. The normalized spacial score (nSPS) is 12.2. The first kappa shape index (κ1) is 14.6. The van der Waals surface area contributed by atoms with E-state index in [0.29, 0.717) is 0 Å². The first-order valence-electron chi connectivity index (χ1n) is 6.36. The number of thioether (sulfide) groups is 1. The SMILES string of the molecule is Cc1cccc(C)c1NC(=O)C(C)Sc1nncn1C. The zero-order valence-corrected chi connectivity index (χ0v) is 12.9. The average Bonchev–Trinajstić information content (AvgIpc) is 2.79. The van der Waals surface area contributed by atoms with E-state index in [9.17, 15) is 4.79 Å². The highest BCUT2D eigenvalue weighted by Crippen LogP contribution is 2.24. The standard InChI is InChI=1S/C14H18N4OS/c1-9-6-5-7-10(2)12(9)16-13(19)11(3)20-14-17-15-8-18(14)4/h5-8,11H,1-4H3,(H,16,19). The van der Waals surface area contributed by atoms with Gasteiger partial charge in [-0.25, -0.2) is 0 Å². The van der Waals surface area contributed by atoms with Gasteiger partial charge < -0.3 is 9.88 Å². The fourth-order valence-electron chi connectivity index (χ4n) is 1.83. The van der Waals surface area contributed by atoms with Crippen molar-refractivity contribution in [3.05, 3.63) is 35.7 Å². The Labute approximate surface area is 122 Å². The predicted octanol–water partition coefficient (Wildman–Crippen LogP) is 2.55. The molecule has 0 fully saturated rings. The molecule has 2 aromatic rings. The predicted molar refractivity (Wildman–Crippen MR) is 80.9 cm³/mol. The summed E-state index contributed by atoms with van der Waals surface area (Å²) in [6, 6.07) is 5.96. The molecule has 2 rings (SSSR count). The summed E-state index contributed by atoms with van der Waals surface area (Å²) in [5.74, 6) is -0.0320. The topological polar surface area (TPSA) is 59.8 Å². The molecular formula is C14H18N4OS. The van der Waals surface area contributed by atoms with E-state index >= 15 is 0 Å². The highest BCUT2D eigenvalue weighted by Gasteiger charge is 2.18. The van der Waals surface area contributed by atoms with Gasteiger partial charge in [0.25, 0.3) is 0 Å². The van der Waals surface area contributed by atoms with Gasteiger partial charge in [0.05, 0.1) is 5.25 Å². The number of anilines is 1. The number of carbonyl (C=O) groups is 1. The van der Waals surface area contributed by atoms with Gasteiger partial charge in [0.2, 0.25) is 5.91 Å². The van der Waals surface area contributed by atoms with Crippen molar-refractivity contribution in [1.82, 2.24) is 14.8 Å². The van der Waals surface area contributed by atoms with Gasteiger partial charge in [-0.15, -0.1) is 10.2 Å². The van der Waals surface area contributed by atoms with Gasteiger partial charge in [0.1, 0.15) is 6.33 Å². The molecule has 6 heteroatoms. The zero-order valence-electron chi connectivity index (χ0n) is 12.0. The van der Waals surface area contributed by atoms with Crippen LogP contribution in [-0.4, -0.2) is 25.9 Å². The minimum absolute atomic E-state index is 0.0320. The minimum atomic E-state index is -0.239. The molecule has 1 atom stereocenters. The number of amides is 1. The van der Waals surface area contributed by atoms with E-state index in [0.717, 1.165) is 22.0 Å². The Bertz CT molecular complexity index is 603. The van der Waals surface area contributed by atoms with E-state index in [1.54, 1.807) is 10.9 Å². The maximum Gasteiger partial charge on any atom is 0.237 e. The summed E-state index contributed by atoms with van der Waals surface area (Å²) in [4.78, 5) is 12.3. The average molecular weight is 290 g/mol. The van der Waals surface area contributed by atoms with Crippen LogP contribution in [0.2, 0.25) is 0 Å². The van der Waals surface area contributed by atoms with Crippen molar-refractivity contribution in [3.63, 3.8) is 0 Å². The highest BCUT2D eigenvalue weighted by molar-refractivity contribution is 8.00. The number of para-hydroxylation sites is 1. The Balaban J connectivity index is 2.06. The fraction of sp³-hybridized carbons (Fsp3) is 0.357. The van der Waals surface area contributed by atoms with Crippen LogP contribution in [0, 0.1) is 13.8 Å². The second-order valence-electron chi connectivity index (χ2n) is 4.74. The summed E-state index contributed by atoms with van der Waals surface area (Å²) in [6.07, 6.45) is 1.62. The maximum atomic E-state index is 12.3. The molecule has 1 aromatic heterocycles. The third kappa shape index (κ3) is 3.19. The van der Waals surface area contributed by atoms with Crippen LogP contribution < -0.4 is 5.32 Å². The number of hydrogen-bond donors (Lipinski definition) is 1. The lowest BCUT2D eigenvalue weighted by Crippen LogP contribution is -2.23. The van der Waals surface area contributed by atoms with Crippen molar-refractivity contribution >= 4 is 23.4 Å². The number of nitrogens with one attached hydrogen (secondary N) is 1. The molecule has 1 unspecified atom stereocenters. The lowest BCUT2D eigenvalue weighted by Gasteiger charge is -2.14. The molecule has 1 heterocycles. The Morgan fingerprint density at radius 2 is 2.00 bits per heavy atom. The van der Waals surface area contributed by atoms with E-state index in [1.165, 1.54) is 11.8 Å². The minimum Gasteiger partial charge on any atom is -0.325 e. The van der Waals surface area contributed by atoms with Gasteiger partial charge in [-0.05, 0) is 31.9 Å². The number of nitrogens with zero attached hydrogens (tertiary/aromatic N) is 3. The third-order valence-electron chi connectivity index (χ3n) is 3.05. The summed E-state index contributed by atoms with van der Waals surface area (Å²) >= 11 is 1.39. The Morgan fingerprint density at radius 3 is 2.55 bits per heavy atom. The number of benzene rings is 1. The number of hydrogen-bond acceptors (Lipinski definition) is 4. The first-order chi connectivity index (χ1) is 9.49. The third-order valence-corrected chi connectivity index (χ3v) is 4.20. The van der Waals surface area contributed by atoms with E-state index in [2.05, 4.69) is 15.5 Å². The molecule has 20 heavy (non-hydrogen) atoms. The van der Waals surface area contributed by atoms with Crippen LogP contribution >= 0.6 is 11.8 Å². The van der Waals surface area contributed by atoms with Gasteiger partial charge in [-0.2, -0.15) is 0 Å². The van der Waals surface area contributed by atoms with Crippen LogP contribution in [0.3, 0.4) is 0 Å². The summed E-state index contributed by atoms with van der Waals surface area (Å²) in [6.45, 7) is 5.84. The second kappa shape index (κ2) is 6.09. The Morgan fingerprint density at radius 1 is 1.35 bits per heavy atom. The molecule has 0 bridgehead atoms. The van der Waals surface area contributed by atoms with Crippen molar-refractivity contribution in [1.29, 1.82) is 0 Å². The van der Waals surface area contributed by atoms with Gasteiger partial charge in [-0.3, -0.25) is 4.79 Å². The molecule has 0 saturated heterocycles. The molecule has 106 valence electrons. The quantitative estimate of drug-likeness (QED) is 0.879. The summed E-state index contributed by atoms with van der Waals surface area (Å²) in [7, 11) is 1.86.